The first kappa shape index (κ1) is 12.0. The SMILES string of the molecule is O=Cc1ccn(Cc2c(F)ccc(Br)c2F)c1. The number of hydrogen-bond acceptors (Lipinski definition) is 1. The van der Waals surface area contributed by atoms with Crippen LogP contribution in [-0.2, 0) is 6.54 Å². The van der Waals surface area contributed by atoms with Gasteiger partial charge in [0.25, 0.3) is 0 Å². The van der Waals surface area contributed by atoms with Gasteiger partial charge in [0.05, 0.1) is 11.0 Å². The highest BCUT2D eigenvalue weighted by Crippen LogP contribution is 2.22. The summed E-state index contributed by atoms with van der Waals surface area (Å²) in [4.78, 5) is 10.5. The maximum atomic E-state index is 13.7. The lowest BCUT2D eigenvalue weighted by Crippen LogP contribution is -2.03. The second-order valence-electron chi connectivity index (χ2n) is 3.56. The van der Waals surface area contributed by atoms with Gasteiger partial charge in [-0.1, -0.05) is 0 Å². The van der Waals surface area contributed by atoms with Crippen molar-refractivity contribution in [2.24, 2.45) is 0 Å². The number of carbonyl (C=O) groups excluding carboxylic acids is 1. The van der Waals surface area contributed by atoms with Crippen molar-refractivity contribution >= 4 is 22.2 Å². The van der Waals surface area contributed by atoms with Gasteiger partial charge in [-0.05, 0) is 34.1 Å². The van der Waals surface area contributed by atoms with Crippen LogP contribution in [0.3, 0.4) is 0 Å². The minimum Gasteiger partial charge on any atom is -0.349 e. The van der Waals surface area contributed by atoms with Gasteiger partial charge < -0.3 is 4.57 Å². The van der Waals surface area contributed by atoms with Crippen molar-refractivity contribution < 1.29 is 13.6 Å². The molecule has 17 heavy (non-hydrogen) atoms. The number of hydrogen-bond donors (Lipinski definition) is 0. The van der Waals surface area contributed by atoms with Gasteiger partial charge in [-0.25, -0.2) is 8.78 Å². The zero-order valence-corrected chi connectivity index (χ0v) is 10.2. The lowest BCUT2D eigenvalue weighted by molar-refractivity contribution is 0.112. The standard InChI is InChI=1S/C12H8BrF2NO/c13-10-1-2-11(14)9(12(10)15)6-16-4-3-8(5-16)7-17/h1-5,7H,6H2. The molecular weight excluding hydrogens is 292 g/mol. The molecule has 88 valence electrons. The highest BCUT2D eigenvalue weighted by atomic mass is 79.9. The van der Waals surface area contributed by atoms with E-state index in [1.165, 1.54) is 18.3 Å². The largest absolute Gasteiger partial charge is 0.349 e. The van der Waals surface area contributed by atoms with Gasteiger partial charge >= 0.3 is 0 Å². The van der Waals surface area contributed by atoms with E-state index in [9.17, 15) is 13.6 Å². The van der Waals surface area contributed by atoms with E-state index in [0.29, 0.717) is 11.8 Å². The van der Waals surface area contributed by atoms with Crippen LogP contribution < -0.4 is 0 Å². The predicted molar refractivity (Wildman–Crippen MR) is 63.0 cm³/mol. The third-order valence-electron chi connectivity index (χ3n) is 2.39. The molecule has 0 aliphatic carbocycles. The summed E-state index contributed by atoms with van der Waals surface area (Å²) in [5, 5.41) is 0. The first-order valence-corrected chi connectivity index (χ1v) is 5.64. The topological polar surface area (TPSA) is 22.0 Å². The Labute approximate surface area is 105 Å². The summed E-state index contributed by atoms with van der Waals surface area (Å²) in [6.07, 6.45) is 3.82. The molecule has 2 aromatic rings. The van der Waals surface area contributed by atoms with Crippen LogP contribution >= 0.6 is 15.9 Å². The summed E-state index contributed by atoms with van der Waals surface area (Å²) in [5.74, 6) is -1.22. The quantitative estimate of drug-likeness (QED) is 0.629. The molecule has 0 radical (unpaired) electrons. The number of aldehydes is 1. The molecule has 5 heteroatoms. The van der Waals surface area contributed by atoms with Gasteiger partial charge in [-0.2, -0.15) is 0 Å². The minimum atomic E-state index is -0.619. The second-order valence-corrected chi connectivity index (χ2v) is 4.41. The molecule has 0 N–H and O–H groups in total. The molecule has 0 bridgehead atoms. The molecule has 1 heterocycles. The summed E-state index contributed by atoms with van der Waals surface area (Å²) < 4.78 is 28.9. The van der Waals surface area contributed by atoms with E-state index >= 15 is 0 Å². The lowest BCUT2D eigenvalue weighted by Gasteiger charge is -2.07. The normalized spacial score (nSPS) is 10.5. The highest BCUT2D eigenvalue weighted by Gasteiger charge is 2.12. The molecule has 1 aromatic carbocycles. The number of carbonyl (C=O) groups is 1. The minimum absolute atomic E-state index is 0.0348. The molecule has 0 saturated heterocycles. The van der Waals surface area contributed by atoms with Crippen LogP contribution in [0.1, 0.15) is 15.9 Å². The monoisotopic (exact) mass is 299 g/mol. The van der Waals surface area contributed by atoms with Crippen LogP contribution in [0.5, 0.6) is 0 Å². The second kappa shape index (κ2) is 4.79. The van der Waals surface area contributed by atoms with E-state index in [1.54, 1.807) is 16.8 Å². The smallest absolute Gasteiger partial charge is 0.151 e. The Morgan fingerprint density at radius 2 is 2.06 bits per heavy atom. The average molecular weight is 300 g/mol. The van der Waals surface area contributed by atoms with Crippen LogP contribution in [0, 0.1) is 11.6 Å². The zero-order chi connectivity index (χ0) is 12.4. The average Bonchev–Trinajstić information content (AvgIpc) is 2.77. The number of nitrogens with zero attached hydrogens (tertiary/aromatic N) is 1. The van der Waals surface area contributed by atoms with E-state index in [0.717, 1.165) is 0 Å². The van der Waals surface area contributed by atoms with Crippen molar-refractivity contribution in [3.8, 4) is 0 Å². The molecule has 0 aliphatic rings. The van der Waals surface area contributed by atoms with Crippen molar-refractivity contribution in [3.63, 3.8) is 0 Å². The van der Waals surface area contributed by atoms with E-state index in [-0.39, 0.29) is 16.6 Å². The molecule has 0 spiro atoms. The van der Waals surface area contributed by atoms with Crippen LogP contribution in [-0.4, -0.2) is 10.9 Å². The molecule has 2 nitrogen and oxygen atoms in total. The van der Waals surface area contributed by atoms with Gasteiger partial charge in [0.1, 0.15) is 11.6 Å². The number of benzene rings is 1. The summed E-state index contributed by atoms with van der Waals surface area (Å²) in [6.45, 7) is 0.0466. The van der Waals surface area contributed by atoms with Crippen LogP contribution in [0.25, 0.3) is 0 Å². The Balaban J connectivity index is 2.35. The van der Waals surface area contributed by atoms with Gasteiger partial charge in [0.15, 0.2) is 6.29 Å². The van der Waals surface area contributed by atoms with E-state index in [2.05, 4.69) is 15.9 Å². The van der Waals surface area contributed by atoms with Gasteiger partial charge in [0, 0.05) is 23.5 Å². The van der Waals surface area contributed by atoms with Crippen LogP contribution in [0.2, 0.25) is 0 Å². The summed E-state index contributed by atoms with van der Waals surface area (Å²) in [5.41, 5.74) is 0.438. The first-order valence-electron chi connectivity index (χ1n) is 4.85. The van der Waals surface area contributed by atoms with Crippen LogP contribution in [0.4, 0.5) is 8.78 Å². The van der Waals surface area contributed by atoms with E-state index < -0.39 is 11.6 Å². The summed E-state index contributed by atoms with van der Waals surface area (Å²) in [7, 11) is 0. The number of halogens is 3. The third-order valence-corrected chi connectivity index (χ3v) is 3.00. The maximum absolute atomic E-state index is 13.7. The Hall–Kier alpha value is -1.49. The van der Waals surface area contributed by atoms with E-state index in [4.69, 9.17) is 0 Å². The third kappa shape index (κ3) is 2.44. The molecule has 0 aliphatic heterocycles. The molecule has 0 atom stereocenters. The number of rotatable bonds is 3. The predicted octanol–water partition coefficient (Wildman–Crippen LogP) is 3.39. The molecular formula is C12H8BrF2NO. The van der Waals surface area contributed by atoms with Gasteiger partial charge in [0.2, 0.25) is 0 Å². The van der Waals surface area contributed by atoms with Crippen molar-refractivity contribution in [3.05, 3.63) is 57.8 Å². The molecule has 0 unspecified atom stereocenters. The molecule has 2 rings (SSSR count). The Kier molecular flexibility index (Phi) is 3.38. The Morgan fingerprint density at radius 3 is 2.71 bits per heavy atom. The van der Waals surface area contributed by atoms with Crippen molar-refractivity contribution in [1.29, 1.82) is 0 Å². The van der Waals surface area contributed by atoms with Crippen LogP contribution in [0.15, 0.2) is 35.1 Å². The van der Waals surface area contributed by atoms with Gasteiger partial charge in [-0.3, -0.25) is 4.79 Å². The number of aromatic nitrogens is 1. The summed E-state index contributed by atoms with van der Waals surface area (Å²) in [6, 6.07) is 4.11. The van der Waals surface area contributed by atoms with Crippen molar-refractivity contribution in [1.82, 2.24) is 4.57 Å². The Bertz CT molecular complexity index is 566. The zero-order valence-electron chi connectivity index (χ0n) is 8.66. The van der Waals surface area contributed by atoms with Crippen molar-refractivity contribution in [2.75, 3.05) is 0 Å². The first-order chi connectivity index (χ1) is 8.11. The highest BCUT2D eigenvalue weighted by molar-refractivity contribution is 9.10. The fourth-order valence-corrected chi connectivity index (χ4v) is 1.90. The Morgan fingerprint density at radius 1 is 1.29 bits per heavy atom. The molecule has 0 saturated carbocycles. The molecule has 0 fully saturated rings. The van der Waals surface area contributed by atoms with E-state index in [1.807, 2.05) is 0 Å². The molecule has 0 amide bonds. The fraction of sp³-hybridized carbons (Fsp3) is 0.0833. The summed E-state index contributed by atoms with van der Waals surface area (Å²) >= 11 is 3.01. The van der Waals surface area contributed by atoms with Crippen molar-refractivity contribution in [2.45, 2.75) is 6.54 Å². The maximum Gasteiger partial charge on any atom is 0.151 e. The fourth-order valence-electron chi connectivity index (χ4n) is 1.52. The molecule has 1 aromatic heterocycles. The van der Waals surface area contributed by atoms with Gasteiger partial charge in [-0.15, -0.1) is 0 Å². The lowest BCUT2D eigenvalue weighted by atomic mass is 10.2.